The molecule has 2 rings (SSSR count). The molecule has 0 saturated heterocycles. The molecule has 0 aliphatic heterocycles. The highest BCUT2D eigenvalue weighted by Crippen LogP contribution is 2.06. The fourth-order valence-electron chi connectivity index (χ4n) is 2.16. The van der Waals surface area contributed by atoms with Gasteiger partial charge in [0.25, 0.3) is 0 Å². The Morgan fingerprint density at radius 3 is 2.74 bits per heavy atom. The zero-order valence-corrected chi connectivity index (χ0v) is 11.9. The van der Waals surface area contributed by atoms with E-state index in [2.05, 4.69) is 40.1 Å². The highest BCUT2D eigenvalue weighted by molar-refractivity contribution is 5.03. The van der Waals surface area contributed by atoms with E-state index >= 15 is 0 Å². The summed E-state index contributed by atoms with van der Waals surface area (Å²) in [6.07, 6.45) is 7.34. The van der Waals surface area contributed by atoms with Gasteiger partial charge in [0.1, 0.15) is 12.7 Å². The van der Waals surface area contributed by atoms with Crippen molar-refractivity contribution in [3.63, 3.8) is 0 Å². The first-order chi connectivity index (χ1) is 9.13. The molecule has 19 heavy (non-hydrogen) atoms. The molecule has 104 valence electrons. The quantitative estimate of drug-likeness (QED) is 0.751. The van der Waals surface area contributed by atoms with Crippen LogP contribution in [0.1, 0.15) is 19.4 Å². The van der Waals surface area contributed by atoms with Gasteiger partial charge >= 0.3 is 0 Å². The van der Waals surface area contributed by atoms with Gasteiger partial charge in [-0.25, -0.2) is 4.98 Å². The Hall–Kier alpha value is -1.69. The SMILES string of the molecule is CC(C)CN(CCn1cncn1)Cc1cnn(C)c1. The van der Waals surface area contributed by atoms with Crippen molar-refractivity contribution in [2.45, 2.75) is 26.9 Å². The van der Waals surface area contributed by atoms with E-state index in [1.807, 2.05) is 22.6 Å². The summed E-state index contributed by atoms with van der Waals surface area (Å²) in [6.45, 7) is 8.32. The summed E-state index contributed by atoms with van der Waals surface area (Å²) >= 11 is 0. The molecule has 0 radical (unpaired) electrons. The number of aryl methyl sites for hydroxylation is 1. The maximum Gasteiger partial charge on any atom is 0.137 e. The van der Waals surface area contributed by atoms with E-state index in [0.29, 0.717) is 5.92 Å². The van der Waals surface area contributed by atoms with Crippen molar-refractivity contribution >= 4 is 0 Å². The van der Waals surface area contributed by atoms with Gasteiger partial charge in [0.05, 0.1) is 12.7 Å². The molecule has 0 amide bonds. The van der Waals surface area contributed by atoms with E-state index in [-0.39, 0.29) is 0 Å². The van der Waals surface area contributed by atoms with Gasteiger partial charge in [-0.3, -0.25) is 14.3 Å². The molecule has 6 nitrogen and oxygen atoms in total. The minimum Gasteiger partial charge on any atom is -0.297 e. The predicted octanol–water partition coefficient (Wildman–Crippen LogP) is 1.17. The van der Waals surface area contributed by atoms with Gasteiger partial charge in [-0.1, -0.05) is 13.8 Å². The summed E-state index contributed by atoms with van der Waals surface area (Å²) in [5.74, 6) is 0.646. The van der Waals surface area contributed by atoms with Crippen LogP contribution in [0.5, 0.6) is 0 Å². The molecule has 0 atom stereocenters. The average molecular weight is 262 g/mol. The van der Waals surface area contributed by atoms with Crippen molar-refractivity contribution in [3.05, 3.63) is 30.6 Å². The largest absolute Gasteiger partial charge is 0.297 e. The number of hydrogen-bond acceptors (Lipinski definition) is 4. The number of nitrogens with zero attached hydrogens (tertiary/aromatic N) is 6. The highest BCUT2D eigenvalue weighted by atomic mass is 15.3. The van der Waals surface area contributed by atoms with E-state index in [1.54, 1.807) is 12.7 Å². The Balaban J connectivity index is 1.91. The Morgan fingerprint density at radius 1 is 1.32 bits per heavy atom. The van der Waals surface area contributed by atoms with Crippen molar-refractivity contribution in [2.24, 2.45) is 13.0 Å². The fraction of sp³-hybridized carbons (Fsp3) is 0.615. The molecular weight excluding hydrogens is 240 g/mol. The van der Waals surface area contributed by atoms with Gasteiger partial charge in [-0.2, -0.15) is 10.2 Å². The second kappa shape index (κ2) is 6.47. The number of rotatable bonds is 7. The third-order valence-electron chi connectivity index (χ3n) is 2.90. The summed E-state index contributed by atoms with van der Waals surface area (Å²) in [5.41, 5.74) is 1.25. The molecule has 0 aromatic carbocycles. The van der Waals surface area contributed by atoms with Crippen LogP contribution >= 0.6 is 0 Å². The molecule has 0 N–H and O–H groups in total. The Kier molecular flexibility index (Phi) is 4.68. The molecule has 0 fully saturated rings. The molecule has 0 spiro atoms. The average Bonchev–Trinajstić information content (AvgIpc) is 2.97. The van der Waals surface area contributed by atoms with Crippen LogP contribution in [0.15, 0.2) is 25.0 Å². The van der Waals surface area contributed by atoms with E-state index < -0.39 is 0 Å². The van der Waals surface area contributed by atoms with E-state index in [0.717, 1.165) is 26.2 Å². The van der Waals surface area contributed by atoms with Gasteiger partial charge in [0.2, 0.25) is 0 Å². The van der Waals surface area contributed by atoms with Crippen molar-refractivity contribution in [1.29, 1.82) is 0 Å². The first-order valence-electron chi connectivity index (χ1n) is 6.66. The number of aromatic nitrogens is 5. The number of hydrogen-bond donors (Lipinski definition) is 0. The lowest BCUT2D eigenvalue weighted by Gasteiger charge is -2.23. The van der Waals surface area contributed by atoms with Crippen LogP contribution in [0.4, 0.5) is 0 Å². The van der Waals surface area contributed by atoms with Gasteiger partial charge in [0, 0.05) is 38.4 Å². The molecule has 2 aromatic rings. The van der Waals surface area contributed by atoms with E-state index in [9.17, 15) is 0 Å². The Morgan fingerprint density at radius 2 is 2.16 bits per heavy atom. The molecule has 2 aromatic heterocycles. The molecule has 0 bridgehead atoms. The lowest BCUT2D eigenvalue weighted by Crippen LogP contribution is -2.30. The standard InChI is InChI=1S/C13H22N6/c1-12(2)7-18(4-5-19-11-14-10-16-19)9-13-6-15-17(3)8-13/h6,8,10-12H,4-5,7,9H2,1-3H3. The molecule has 2 heterocycles. The van der Waals surface area contributed by atoms with Crippen molar-refractivity contribution < 1.29 is 0 Å². The van der Waals surface area contributed by atoms with Gasteiger partial charge in [-0.15, -0.1) is 0 Å². The van der Waals surface area contributed by atoms with Crippen LogP contribution in [-0.2, 0) is 20.1 Å². The van der Waals surface area contributed by atoms with E-state index in [4.69, 9.17) is 0 Å². The first kappa shape index (κ1) is 13.7. The van der Waals surface area contributed by atoms with Crippen LogP contribution in [0.2, 0.25) is 0 Å². The zero-order valence-electron chi connectivity index (χ0n) is 11.9. The Bertz CT molecular complexity index is 473. The maximum absolute atomic E-state index is 4.22. The third kappa shape index (κ3) is 4.48. The first-order valence-corrected chi connectivity index (χ1v) is 6.66. The van der Waals surface area contributed by atoms with E-state index in [1.165, 1.54) is 5.56 Å². The monoisotopic (exact) mass is 262 g/mol. The smallest absolute Gasteiger partial charge is 0.137 e. The fourth-order valence-corrected chi connectivity index (χ4v) is 2.16. The normalized spacial score (nSPS) is 11.6. The predicted molar refractivity (Wildman–Crippen MR) is 73.3 cm³/mol. The van der Waals surface area contributed by atoms with Crippen LogP contribution < -0.4 is 0 Å². The molecule has 0 saturated carbocycles. The van der Waals surface area contributed by atoms with Crippen molar-refractivity contribution in [2.75, 3.05) is 13.1 Å². The molecule has 0 aliphatic rings. The van der Waals surface area contributed by atoms with Crippen LogP contribution in [0.3, 0.4) is 0 Å². The minimum atomic E-state index is 0.646. The van der Waals surface area contributed by atoms with Crippen LogP contribution in [-0.4, -0.2) is 42.5 Å². The second-order valence-electron chi connectivity index (χ2n) is 5.31. The molecule has 6 heteroatoms. The highest BCUT2D eigenvalue weighted by Gasteiger charge is 2.09. The Labute approximate surface area is 114 Å². The molecular formula is C13H22N6. The molecule has 0 aliphatic carbocycles. The van der Waals surface area contributed by atoms with Crippen LogP contribution in [0, 0.1) is 5.92 Å². The second-order valence-corrected chi connectivity index (χ2v) is 5.31. The van der Waals surface area contributed by atoms with Crippen molar-refractivity contribution in [3.8, 4) is 0 Å². The van der Waals surface area contributed by atoms with Crippen LogP contribution in [0.25, 0.3) is 0 Å². The van der Waals surface area contributed by atoms with Gasteiger partial charge < -0.3 is 0 Å². The lowest BCUT2D eigenvalue weighted by atomic mass is 10.2. The van der Waals surface area contributed by atoms with Gasteiger partial charge in [-0.05, 0) is 5.92 Å². The van der Waals surface area contributed by atoms with Gasteiger partial charge in [0.15, 0.2) is 0 Å². The topological polar surface area (TPSA) is 51.8 Å². The maximum atomic E-state index is 4.22. The molecule has 0 unspecified atom stereocenters. The zero-order chi connectivity index (χ0) is 13.7. The third-order valence-corrected chi connectivity index (χ3v) is 2.90. The van der Waals surface area contributed by atoms with Crippen molar-refractivity contribution in [1.82, 2.24) is 29.4 Å². The minimum absolute atomic E-state index is 0.646. The lowest BCUT2D eigenvalue weighted by molar-refractivity contribution is 0.224. The summed E-state index contributed by atoms with van der Waals surface area (Å²) in [4.78, 5) is 6.40. The summed E-state index contributed by atoms with van der Waals surface area (Å²) in [7, 11) is 1.95. The summed E-state index contributed by atoms with van der Waals surface area (Å²) < 4.78 is 3.72. The summed E-state index contributed by atoms with van der Waals surface area (Å²) in [5, 5.41) is 8.36. The summed E-state index contributed by atoms with van der Waals surface area (Å²) in [6, 6.07) is 0.